The molecule has 0 unspecified atom stereocenters. The predicted octanol–water partition coefficient (Wildman–Crippen LogP) is 3.99. The molecule has 0 saturated carbocycles. The fourth-order valence-electron chi connectivity index (χ4n) is 2.97. The molecule has 0 bridgehead atoms. The Morgan fingerprint density at radius 3 is 2.42 bits per heavy atom. The van der Waals surface area contributed by atoms with Crippen LogP contribution in [-0.4, -0.2) is 16.9 Å². The lowest BCUT2D eigenvalue weighted by Gasteiger charge is -2.18. The molecule has 0 aliphatic carbocycles. The number of aromatic hydroxyl groups is 1. The van der Waals surface area contributed by atoms with E-state index >= 15 is 0 Å². The van der Waals surface area contributed by atoms with Crippen molar-refractivity contribution in [3.8, 4) is 5.75 Å². The number of phenolic OH excluding ortho intramolecular Hbond substituents is 1. The van der Waals surface area contributed by atoms with E-state index in [-0.39, 0.29) is 29.2 Å². The van der Waals surface area contributed by atoms with Crippen molar-refractivity contribution in [3.63, 3.8) is 0 Å². The van der Waals surface area contributed by atoms with Crippen LogP contribution >= 0.6 is 0 Å². The Bertz CT molecular complexity index is 982. The summed E-state index contributed by atoms with van der Waals surface area (Å²) in [5.41, 5.74) is 1.65. The second-order valence-corrected chi connectivity index (χ2v) is 6.15. The highest BCUT2D eigenvalue weighted by Gasteiger charge is 2.18. The highest BCUT2D eigenvalue weighted by atomic mass is 16.3. The van der Waals surface area contributed by atoms with Gasteiger partial charge in [0, 0.05) is 18.0 Å². The molecule has 5 heteroatoms. The molecule has 0 saturated heterocycles. The Labute approximate surface area is 151 Å². The van der Waals surface area contributed by atoms with E-state index in [0.29, 0.717) is 11.1 Å². The molecule has 132 valence electrons. The fraction of sp³-hybridized carbons (Fsp3) is 0.143. The third kappa shape index (κ3) is 3.52. The van der Waals surface area contributed by atoms with Crippen LogP contribution in [0.4, 0.5) is 5.69 Å². The lowest BCUT2D eigenvalue weighted by Crippen LogP contribution is -2.27. The maximum Gasteiger partial charge on any atom is 0.255 e. The number of nitrogens with one attached hydrogen (secondary N) is 2. The smallest absolute Gasteiger partial charge is 0.255 e. The topological polar surface area (TPSA) is 78.4 Å². The molecular weight excluding hydrogens is 328 g/mol. The molecule has 5 nitrogen and oxygen atoms in total. The Balaban J connectivity index is 1.87. The highest BCUT2D eigenvalue weighted by Crippen LogP contribution is 2.29. The number of fused-ring (bicyclic) bond motifs is 1. The first-order valence-electron chi connectivity index (χ1n) is 8.35. The number of amides is 2. The molecule has 3 N–H and O–H groups in total. The van der Waals surface area contributed by atoms with E-state index < -0.39 is 0 Å². The van der Waals surface area contributed by atoms with Crippen LogP contribution in [0.2, 0.25) is 0 Å². The van der Waals surface area contributed by atoms with Crippen molar-refractivity contribution in [2.75, 3.05) is 5.32 Å². The zero-order valence-corrected chi connectivity index (χ0v) is 14.6. The van der Waals surface area contributed by atoms with Gasteiger partial charge >= 0.3 is 0 Å². The van der Waals surface area contributed by atoms with Gasteiger partial charge in [-0.1, -0.05) is 48.5 Å². The van der Waals surface area contributed by atoms with Gasteiger partial charge in [0.25, 0.3) is 5.91 Å². The average molecular weight is 348 g/mol. The molecule has 3 aromatic carbocycles. The second kappa shape index (κ2) is 7.27. The van der Waals surface area contributed by atoms with Crippen LogP contribution in [0.15, 0.2) is 60.7 Å². The van der Waals surface area contributed by atoms with E-state index in [9.17, 15) is 14.7 Å². The lowest BCUT2D eigenvalue weighted by molar-refractivity contribution is -0.114. The van der Waals surface area contributed by atoms with Crippen LogP contribution in [0.5, 0.6) is 5.75 Å². The number of benzene rings is 3. The number of anilines is 1. The molecule has 1 atom stereocenters. The third-order valence-electron chi connectivity index (χ3n) is 4.23. The molecule has 3 rings (SSSR count). The van der Waals surface area contributed by atoms with Gasteiger partial charge < -0.3 is 15.7 Å². The normalized spacial score (nSPS) is 11.8. The van der Waals surface area contributed by atoms with E-state index in [2.05, 4.69) is 10.6 Å². The molecule has 2 amide bonds. The second-order valence-electron chi connectivity index (χ2n) is 6.15. The van der Waals surface area contributed by atoms with Gasteiger partial charge in [0.05, 0.1) is 11.6 Å². The number of para-hydroxylation sites is 1. The lowest BCUT2D eigenvalue weighted by atomic mass is 10.0. The van der Waals surface area contributed by atoms with E-state index in [1.54, 1.807) is 24.3 Å². The molecular formula is C21H20N2O3. The summed E-state index contributed by atoms with van der Waals surface area (Å²) in [6, 6.07) is 17.7. The Morgan fingerprint density at radius 1 is 0.962 bits per heavy atom. The zero-order chi connectivity index (χ0) is 18.7. The quantitative estimate of drug-likeness (QED) is 0.667. The third-order valence-corrected chi connectivity index (χ3v) is 4.23. The summed E-state index contributed by atoms with van der Waals surface area (Å²) in [5.74, 6) is -0.593. The number of phenols is 1. The summed E-state index contributed by atoms with van der Waals surface area (Å²) in [6.45, 7) is 3.27. The first-order valence-corrected chi connectivity index (χ1v) is 8.35. The zero-order valence-electron chi connectivity index (χ0n) is 14.6. The minimum absolute atomic E-state index is 0.0389. The van der Waals surface area contributed by atoms with Crippen molar-refractivity contribution in [1.82, 2.24) is 5.32 Å². The fourth-order valence-corrected chi connectivity index (χ4v) is 2.97. The van der Waals surface area contributed by atoms with E-state index in [1.165, 1.54) is 6.92 Å². The van der Waals surface area contributed by atoms with Crippen molar-refractivity contribution < 1.29 is 14.7 Å². The van der Waals surface area contributed by atoms with Crippen molar-refractivity contribution in [3.05, 3.63) is 71.8 Å². The standard InChI is InChI=1S/C21H20N2O3/c1-13(16-8-5-6-10-19(16)23-14(2)24)22-21(26)18-12-11-15-7-3-4-9-17(15)20(18)25/h3-13,25H,1-2H3,(H,22,26)(H,23,24)/t13-/m1/s1. The van der Waals surface area contributed by atoms with Gasteiger partial charge in [-0.05, 0) is 30.0 Å². The monoisotopic (exact) mass is 348 g/mol. The number of hydrogen-bond acceptors (Lipinski definition) is 3. The molecule has 3 aromatic rings. The van der Waals surface area contributed by atoms with Gasteiger partial charge in [0.15, 0.2) is 0 Å². The van der Waals surface area contributed by atoms with Gasteiger partial charge in [-0.15, -0.1) is 0 Å². The van der Waals surface area contributed by atoms with Crippen LogP contribution in [0.1, 0.15) is 35.8 Å². The van der Waals surface area contributed by atoms with Crippen LogP contribution < -0.4 is 10.6 Å². The van der Waals surface area contributed by atoms with Crippen LogP contribution in [0.25, 0.3) is 10.8 Å². The summed E-state index contributed by atoms with van der Waals surface area (Å²) in [7, 11) is 0. The highest BCUT2D eigenvalue weighted by molar-refractivity contribution is 6.03. The van der Waals surface area contributed by atoms with Gasteiger partial charge in [0.2, 0.25) is 5.91 Å². The van der Waals surface area contributed by atoms with E-state index in [1.807, 2.05) is 43.3 Å². The number of hydrogen-bond donors (Lipinski definition) is 3. The molecule has 0 heterocycles. The Hall–Kier alpha value is -3.34. The van der Waals surface area contributed by atoms with Crippen LogP contribution in [0.3, 0.4) is 0 Å². The first kappa shape index (κ1) is 17.5. The van der Waals surface area contributed by atoms with Gasteiger partial charge in [-0.2, -0.15) is 0 Å². The van der Waals surface area contributed by atoms with Crippen molar-refractivity contribution in [1.29, 1.82) is 0 Å². The van der Waals surface area contributed by atoms with E-state index in [4.69, 9.17) is 0 Å². The van der Waals surface area contributed by atoms with Gasteiger partial charge in [-0.3, -0.25) is 9.59 Å². The van der Waals surface area contributed by atoms with Crippen LogP contribution in [-0.2, 0) is 4.79 Å². The van der Waals surface area contributed by atoms with E-state index in [0.717, 1.165) is 10.9 Å². The van der Waals surface area contributed by atoms with Gasteiger partial charge in [-0.25, -0.2) is 0 Å². The molecule has 0 aliphatic rings. The Kier molecular flexibility index (Phi) is 4.89. The number of carbonyl (C=O) groups is 2. The number of carbonyl (C=O) groups excluding carboxylic acids is 2. The molecule has 26 heavy (non-hydrogen) atoms. The minimum Gasteiger partial charge on any atom is -0.506 e. The minimum atomic E-state index is -0.376. The predicted molar refractivity (Wildman–Crippen MR) is 102 cm³/mol. The molecule has 0 aliphatic heterocycles. The van der Waals surface area contributed by atoms with Crippen molar-refractivity contribution in [2.24, 2.45) is 0 Å². The first-order chi connectivity index (χ1) is 12.5. The summed E-state index contributed by atoms with van der Waals surface area (Å²) < 4.78 is 0. The summed E-state index contributed by atoms with van der Waals surface area (Å²) in [5, 5.41) is 17.6. The number of rotatable bonds is 4. The Morgan fingerprint density at radius 2 is 1.65 bits per heavy atom. The maximum absolute atomic E-state index is 12.7. The maximum atomic E-state index is 12.7. The molecule has 0 spiro atoms. The van der Waals surface area contributed by atoms with Crippen molar-refractivity contribution >= 4 is 28.3 Å². The summed E-state index contributed by atoms with van der Waals surface area (Å²) in [4.78, 5) is 24.0. The molecule has 0 aromatic heterocycles. The largest absolute Gasteiger partial charge is 0.506 e. The summed E-state index contributed by atoms with van der Waals surface area (Å²) >= 11 is 0. The van der Waals surface area contributed by atoms with Crippen molar-refractivity contribution in [2.45, 2.75) is 19.9 Å². The SMILES string of the molecule is CC(=O)Nc1ccccc1[C@@H](C)NC(=O)c1ccc2ccccc2c1O. The van der Waals surface area contributed by atoms with Crippen LogP contribution in [0, 0.1) is 0 Å². The van der Waals surface area contributed by atoms with Gasteiger partial charge in [0.1, 0.15) is 5.75 Å². The summed E-state index contributed by atoms with van der Waals surface area (Å²) in [6.07, 6.45) is 0. The molecule has 0 radical (unpaired) electrons. The average Bonchev–Trinajstić information content (AvgIpc) is 2.62. The molecule has 0 fully saturated rings.